The second-order valence-electron chi connectivity index (χ2n) is 6.93. The lowest BCUT2D eigenvalue weighted by Gasteiger charge is -2.41. The molecule has 2 atom stereocenters. The monoisotopic (exact) mass is 499 g/mol. The Balaban J connectivity index is 2.88. The molecule has 0 aromatic heterocycles. The van der Waals surface area contributed by atoms with Crippen LogP contribution in [0.15, 0.2) is 48.5 Å². The number of ether oxygens (including phenoxy) is 4. The highest BCUT2D eigenvalue weighted by Gasteiger charge is 2.55. The van der Waals surface area contributed by atoms with Crippen LogP contribution >= 0.6 is 23.2 Å². The molecule has 2 aromatic rings. The van der Waals surface area contributed by atoms with E-state index in [9.17, 15) is 9.59 Å². The Morgan fingerprint density at radius 3 is 2.12 bits per heavy atom. The van der Waals surface area contributed by atoms with Gasteiger partial charge in [0.1, 0.15) is 20.2 Å². The first-order chi connectivity index (χ1) is 15.8. The van der Waals surface area contributed by atoms with Crippen LogP contribution in [-0.2, 0) is 39.0 Å². The highest BCUT2D eigenvalue weighted by molar-refractivity contribution is 6.32. The average molecular weight is 500 g/mol. The van der Waals surface area contributed by atoms with E-state index in [-0.39, 0.29) is 35.8 Å². The van der Waals surface area contributed by atoms with Crippen molar-refractivity contribution >= 4 is 34.9 Å². The number of methoxy groups -OCH3 is 2. The van der Waals surface area contributed by atoms with Gasteiger partial charge in [-0.1, -0.05) is 59.6 Å². The Morgan fingerprint density at radius 1 is 0.939 bits per heavy atom. The van der Waals surface area contributed by atoms with Crippen molar-refractivity contribution in [1.29, 1.82) is 0 Å². The lowest BCUT2D eigenvalue weighted by atomic mass is 9.73. The third kappa shape index (κ3) is 6.10. The molecule has 33 heavy (non-hydrogen) atoms. The number of Topliss-reactive ketones (excluding diaryl/α,β-unsaturated/α-hetero) is 1. The van der Waals surface area contributed by atoms with E-state index in [4.69, 9.17) is 47.0 Å². The van der Waals surface area contributed by atoms with Gasteiger partial charge in [0, 0.05) is 36.9 Å². The molecule has 8 nitrogen and oxygen atoms in total. The lowest BCUT2D eigenvalue weighted by Crippen LogP contribution is -2.54. The Morgan fingerprint density at radius 2 is 1.55 bits per heavy atom. The minimum atomic E-state index is -2.00. The first-order valence-corrected chi connectivity index (χ1v) is 10.6. The van der Waals surface area contributed by atoms with Crippen LogP contribution in [0.3, 0.4) is 0 Å². The number of hydrogen-bond acceptors (Lipinski definition) is 7. The summed E-state index contributed by atoms with van der Waals surface area (Å²) in [6.07, 6.45) is 0. The van der Waals surface area contributed by atoms with E-state index in [2.05, 4.69) is 0 Å². The van der Waals surface area contributed by atoms with Crippen molar-refractivity contribution in [3.05, 3.63) is 69.7 Å². The maximum Gasteiger partial charge on any atom is 0.283 e. The number of hydrogen-bond donors (Lipinski definition) is 0. The Kier molecular flexibility index (Phi) is 10.7. The summed E-state index contributed by atoms with van der Waals surface area (Å²) in [6.45, 7) is -0.831. The maximum atomic E-state index is 13.9. The second-order valence-corrected chi connectivity index (χ2v) is 7.74. The molecule has 0 saturated heterocycles. The molecule has 0 heterocycles. The summed E-state index contributed by atoms with van der Waals surface area (Å²) in [4.78, 5) is 32.8. The van der Waals surface area contributed by atoms with E-state index >= 15 is 0 Å². The zero-order valence-electron chi connectivity index (χ0n) is 18.9. The van der Waals surface area contributed by atoms with Crippen molar-refractivity contribution in [2.45, 2.75) is 11.5 Å². The number of nitrogens with zero attached hydrogens (tertiary/aromatic N) is 1. The van der Waals surface area contributed by atoms with Crippen molar-refractivity contribution in [2.75, 3.05) is 48.6 Å². The van der Waals surface area contributed by atoms with Crippen molar-refractivity contribution in [2.24, 2.45) is 0 Å². The summed E-state index contributed by atoms with van der Waals surface area (Å²) in [5, 5.41) is 1.42. The molecule has 180 valence electrons. The van der Waals surface area contributed by atoms with Crippen LogP contribution in [-0.4, -0.2) is 65.3 Å². The summed E-state index contributed by atoms with van der Waals surface area (Å²) >= 11 is 13.1. The number of carbonyl (C=O) groups is 2. The first-order valence-electron chi connectivity index (χ1n) is 9.89. The van der Waals surface area contributed by atoms with Gasteiger partial charge in [0.15, 0.2) is 11.4 Å². The number of halogens is 2. The molecule has 0 unspecified atom stereocenters. The minimum Gasteiger partial charge on any atom is -0.359 e. The molecule has 0 fully saturated rings. The van der Waals surface area contributed by atoms with E-state index in [0.29, 0.717) is 5.56 Å². The molecule has 0 aliphatic carbocycles. The fourth-order valence-corrected chi connectivity index (χ4v) is 4.01. The van der Waals surface area contributed by atoms with Crippen molar-refractivity contribution < 1.29 is 33.4 Å². The number of amides is 1. The van der Waals surface area contributed by atoms with Crippen LogP contribution in [0, 0.1) is 0 Å². The van der Waals surface area contributed by atoms with Crippen LogP contribution in [0.2, 0.25) is 10.0 Å². The fraction of sp³-hybridized carbons (Fsp3) is 0.391. The molecular weight excluding hydrogens is 473 g/mol. The van der Waals surface area contributed by atoms with Crippen molar-refractivity contribution in [3.63, 3.8) is 0 Å². The molecule has 0 saturated carbocycles. The first kappa shape index (κ1) is 27.2. The molecular formula is C23H27Cl2NO7. The van der Waals surface area contributed by atoms with Gasteiger partial charge in [0.25, 0.3) is 5.91 Å². The summed E-state index contributed by atoms with van der Waals surface area (Å²) in [5.74, 6) is -2.46. The minimum absolute atomic E-state index is 0.120. The van der Waals surface area contributed by atoms with Gasteiger partial charge in [-0.25, -0.2) is 5.06 Å². The van der Waals surface area contributed by atoms with Gasteiger partial charge >= 0.3 is 0 Å². The van der Waals surface area contributed by atoms with E-state index in [1.807, 2.05) is 0 Å². The number of likely N-dealkylation sites (N-methyl/N-ethyl adjacent to an activating group) is 1. The molecule has 0 aliphatic rings. The topological polar surface area (TPSA) is 83.5 Å². The lowest BCUT2D eigenvalue weighted by molar-refractivity contribution is -0.213. The normalized spacial score (nSPS) is 13.9. The van der Waals surface area contributed by atoms with Gasteiger partial charge in [-0.3, -0.25) is 14.4 Å². The number of rotatable bonds is 13. The molecule has 10 heteroatoms. The Bertz CT molecular complexity index is 943. The van der Waals surface area contributed by atoms with Crippen molar-refractivity contribution in [3.8, 4) is 0 Å². The molecule has 2 aromatic carbocycles. The van der Waals surface area contributed by atoms with Crippen LogP contribution in [0.25, 0.3) is 0 Å². The van der Waals surface area contributed by atoms with Crippen LogP contribution in [0.4, 0.5) is 0 Å². The van der Waals surface area contributed by atoms with E-state index < -0.39 is 23.2 Å². The van der Waals surface area contributed by atoms with Crippen LogP contribution in [0.1, 0.15) is 17.0 Å². The quantitative estimate of drug-likeness (QED) is 0.235. The molecule has 0 bridgehead atoms. The number of benzene rings is 2. The Labute approximate surface area is 203 Å². The largest absolute Gasteiger partial charge is 0.359 e. The third-order valence-electron chi connectivity index (χ3n) is 4.95. The van der Waals surface area contributed by atoms with Gasteiger partial charge in [-0.2, -0.15) is 0 Å². The number of ketones is 1. The molecule has 1 amide bonds. The van der Waals surface area contributed by atoms with Crippen molar-refractivity contribution in [1.82, 2.24) is 5.06 Å². The predicted octanol–water partition coefficient (Wildman–Crippen LogP) is 3.80. The summed E-state index contributed by atoms with van der Waals surface area (Å²) < 4.78 is 21.4. The van der Waals surface area contributed by atoms with Gasteiger partial charge in [0.2, 0.25) is 0 Å². The highest BCUT2D eigenvalue weighted by atomic mass is 35.5. The van der Waals surface area contributed by atoms with Gasteiger partial charge in [-0.15, -0.1) is 0 Å². The second kappa shape index (κ2) is 13.0. The number of carbonyl (C=O) groups excluding carboxylic acids is 2. The van der Waals surface area contributed by atoms with Crippen LogP contribution < -0.4 is 0 Å². The zero-order chi connectivity index (χ0) is 24.4. The third-order valence-corrected chi connectivity index (χ3v) is 5.62. The fourth-order valence-electron chi connectivity index (χ4n) is 3.49. The summed E-state index contributed by atoms with van der Waals surface area (Å²) in [5.41, 5.74) is -1.42. The molecule has 2 rings (SSSR count). The van der Waals surface area contributed by atoms with E-state index in [0.717, 1.165) is 5.06 Å². The van der Waals surface area contributed by atoms with Gasteiger partial charge in [-0.05, 0) is 17.7 Å². The smallest absolute Gasteiger partial charge is 0.283 e. The van der Waals surface area contributed by atoms with E-state index in [1.165, 1.54) is 28.4 Å². The molecule has 0 radical (unpaired) electrons. The summed E-state index contributed by atoms with van der Waals surface area (Å²) in [7, 11) is 5.55. The zero-order valence-corrected chi connectivity index (χ0v) is 20.4. The highest BCUT2D eigenvalue weighted by Crippen LogP contribution is 2.47. The molecule has 0 N–H and O–H groups in total. The number of hydroxylamine groups is 2. The summed E-state index contributed by atoms with van der Waals surface area (Å²) in [6, 6.07) is 13.3. The standard InChI is InChI=1S/C23H27Cl2NO7/c1-26(31-4)22(28)23(33-15-30-3,17-10-6-8-12-19(17)25)21(20(27)13-32-14-29-2)16-9-5-7-11-18(16)24/h5-12,21H,13-15H2,1-4H3/t21-,23-/m0/s1. The van der Waals surface area contributed by atoms with Gasteiger partial charge in [0.05, 0.1) is 13.0 Å². The van der Waals surface area contributed by atoms with E-state index in [1.54, 1.807) is 48.5 Å². The molecule has 0 spiro atoms. The average Bonchev–Trinajstić information content (AvgIpc) is 2.82. The Hall–Kier alpha value is -2.04. The SMILES string of the molecule is COCOCC(=O)[C@H](c1ccccc1Cl)[C@](OCOC)(C(=O)N(C)OC)c1ccccc1Cl. The predicted molar refractivity (Wildman–Crippen MR) is 123 cm³/mol. The van der Waals surface area contributed by atoms with Crippen LogP contribution in [0.5, 0.6) is 0 Å². The molecule has 0 aliphatic heterocycles. The van der Waals surface area contributed by atoms with Gasteiger partial charge < -0.3 is 18.9 Å². The maximum absolute atomic E-state index is 13.9.